The second-order valence-corrected chi connectivity index (χ2v) is 7.28. The van der Waals surface area contributed by atoms with Gasteiger partial charge in [0.1, 0.15) is 5.41 Å². The minimum absolute atomic E-state index is 0.156. The van der Waals surface area contributed by atoms with Crippen LogP contribution in [-0.2, 0) is 22.4 Å². The molecular weight excluding hydrogens is 324 g/mol. The molecule has 0 spiro atoms. The lowest BCUT2D eigenvalue weighted by Gasteiger charge is -2.35. The SMILES string of the molecule is CCc1ccccc1NC(=O)C(C)(C)C(=O)N1CCCc2ccccc21. The molecule has 0 saturated carbocycles. The van der Waals surface area contributed by atoms with Gasteiger partial charge < -0.3 is 10.2 Å². The van der Waals surface area contributed by atoms with Crippen molar-refractivity contribution in [1.29, 1.82) is 0 Å². The molecule has 1 N–H and O–H groups in total. The zero-order valence-electron chi connectivity index (χ0n) is 15.7. The number of hydrogen-bond donors (Lipinski definition) is 1. The van der Waals surface area contributed by atoms with Gasteiger partial charge in [0.2, 0.25) is 11.8 Å². The lowest BCUT2D eigenvalue weighted by Crippen LogP contribution is -2.49. The Labute approximate surface area is 155 Å². The van der Waals surface area contributed by atoms with E-state index in [4.69, 9.17) is 0 Å². The second kappa shape index (κ2) is 7.32. The van der Waals surface area contributed by atoms with Crippen LogP contribution in [0.2, 0.25) is 0 Å². The number of fused-ring (bicyclic) bond motifs is 1. The average molecular weight is 350 g/mol. The van der Waals surface area contributed by atoms with Crippen LogP contribution in [0.5, 0.6) is 0 Å². The van der Waals surface area contributed by atoms with Gasteiger partial charge in [-0.15, -0.1) is 0 Å². The molecule has 3 rings (SSSR count). The van der Waals surface area contributed by atoms with Gasteiger partial charge in [-0.05, 0) is 56.4 Å². The van der Waals surface area contributed by atoms with Crippen LogP contribution in [0.3, 0.4) is 0 Å². The lowest BCUT2D eigenvalue weighted by atomic mass is 9.88. The van der Waals surface area contributed by atoms with E-state index in [0.717, 1.165) is 36.2 Å². The summed E-state index contributed by atoms with van der Waals surface area (Å²) in [4.78, 5) is 27.9. The maximum Gasteiger partial charge on any atom is 0.242 e. The summed E-state index contributed by atoms with van der Waals surface area (Å²) < 4.78 is 0. The van der Waals surface area contributed by atoms with E-state index >= 15 is 0 Å². The summed E-state index contributed by atoms with van der Waals surface area (Å²) in [6.45, 7) is 6.11. The van der Waals surface area contributed by atoms with Gasteiger partial charge in [0.05, 0.1) is 0 Å². The molecule has 4 nitrogen and oxygen atoms in total. The molecule has 2 aromatic rings. The zero-order valence-corrected chi connectivity index (χ0v) is 15.7. The fourth-order valence-corrected chi connectivity index (χ4v) is 3.41. The molecule has 1 aliphatic heterocycles. The maximum absolute atomic E-state index is 13.2. The monoisotopic (exact) mass is 350 g/mol. The van der Waals surface area contributed by atoms with Gasteiger partial charge in [-0.3, -0.25) is 9.59 Å². The van der Waals surface area contributed by atoms with Gasteiger partial charge in [-0.1, -0.05) is 43.3 Å². The molecule has 2 aromatic carbocycles. The van der Waals surface area contributed by atoms with Crippen molar-refractivity contribution in [1.82, 2.24) is 0 Å². The van der Waals surface area contributed by atoms with Crippen molar-refractivity contribution < 1.29 is 9.59 Å². The van der Waals surface area contributed by atoms with Crippen LogP contribution >= 0.6 is 0 Å². The lowest BCUT2D eigenvalue weighted by molar-refractivity contribution is -0.136. The number of hydrogen-bond acceptors (Lipinski definition) is 2. The van der Waals surface area contributed by atoms with Gasteiger partial charge in [-0.2, -0.15) is 0 Å². The molecule has 26 heavy (non-hydrogen) atoms. The number of anilines is 2. The first kappa shape index (κ1) is 18.2. The molecule has 0 radical (unpaired) electrons. The van der Waals surface area contributed by atoms with E-state index in [1.165, 1.54) is 5.56 Å². The third-order valence-corrected chi connectivity index (χ3v) is 5.10. The highest BCUT2D eigenvalue weighted by Crippen LogP contribution is 2.32. The summed E-state index contributed by atoms with van der Waals surface area (Å²) in [7, 11) is 0. The molecule has 0 aromatic heterocycles. The summed E-state index contributed by atoms with van der Waals surface area (Å²) in [6.07, 6.45) is 2.71. The minimum Gasteiger partial charge on any atom is -0.325 e. The van der Waals surface area contributed by atoms with Crippen molar-refractivity contribution in [3.63, 3.8) is 0 Å². The van der Waals surface area contributed by atoms with Gasteiger partial charge in [0, 0.05) is 17.9 Å². The zero-order chi connectivity index (χ0) is 18.7. The predicted octanol–water partition coefficient (Wildman–Crippen LogP) is 4.19. The quantitative estimate of drug-likeness (QED) is 0.841. The van der Waals surface area contributed by atoms with Crippen LogP contribution in [-0.4, -0.2) is 18.4 Å². The van der Waals surface area contributed by atoms with Crippen molar-refractivity contribution in [2.75, 3.05) is 16.8 Å². The van der Waals surface area contributed by atoms with E-state index in [1.807, 2.05) is 49.4 Å². The Morgan fingerprint density at radius 2 is 1.77 bits per heavy atom. The van der Waals surface area contributed by atoms with E-state index in [1.54, 1.807) is 18.7 Å². The van der Waals surface area contributed by atoms with E-state index in [-0.39, 0.29) is 11.8 Å². The van der Waals surface area contributed by atoms with Crippen molar-refractivity contribution in [3.05, 3.63) is 59.7 Å². The molecule has 0 fully saturated rings. The summed E-state index contributed by atoms with van der Waals surface area (Å²) in [6, 6.07) is 15.7. The third-order valence-electron chi connectivity index (χ3n) is 5.10. The van der Waals surface area contributed by atoms with E-state index < -0.39 is 5.41 Å². The van der Waals surface area contributed by atoms with Crippen molar-refractivity contribution in [2.24, 2.45) is 5.41 Å². The van der Waals surface area contributed by atoms with Crippen LogP contribution in [0.4, 0.5) is 11.4 Å². The Kier molecular flexibility index (Phi) is 5.12. The number of carbonyl (C=O) groups is 2. The molecule has 1 heterocycles. The van der Waals surface area contributed by atoms with Crippen molar-refractivity contribution in [3.8, 4) is 0 Å². The minimum atomic E-state index is -1.15. The molecule has 0 saturated heterocycles. The standard InChI is InChI=1S/C22H26N2O2/c1-4-16-10-5-7-13-18(16)23-20(25)22(2,3)21(26)24-15-9-12-17-11-6-8-14-19(17)24/h5-8,10-11,13-14H,4,9,12,15H2,1-3H3,(H,23,25). The van der Waals surface area contributed by atoms with Gasteiger partial charge in [0.15, 0.2) is 0 Å². The first-order chi connectivity index (χ1) is 12.4. The average Bonchev–Trinajstić information content (AvgIpc) is 2.67. The molecule has 2 amide bonds. The molecule has 1 aliphatic rings. The number of aryl methyl sites for hydroxylation is 2. The number of amides is 2. The van der Waals surface area contributed by atoms with Crippen LogP contribution in [0.15, 0.2) is 48.5 Å². The number of benzene rings is 2. The first-order valence-corrected chi connectivity index (χ1v) is 9.24. The smallest absolute Gasteiger partial charge is 0.242 e. The number of carbonyl (C=O) groups excluding carboxylic acids is 2. The molecule has 0 atom stereocenters. The highest BCUT2D eigenvalue weighted by atomic mass is 16.2. The van der Waals surface area contributed by atoms with Crippen molar-refractivity contribution >= 4 is 23.2 Å². The van der Waals surface area contributed by atoms with Crippen molar-refractivity contribution in [2.45, 2.75) is 40.0 Å². The Bertz CT molecular complexity index is 826. The summed E-state index contributed by atoms with van der Waals surface area (Å²) in [5.74, 6) is -0.428. The second-order valence-electron chi connectivity index (χ2n) is 7.28. The Balaban J connectivity index is 1.83. The van der Waals surface area contributed by atoms with E-state index in [0.29, 0.717) is 6.54 Å². The summed E-state index contributed by atoms with van der Waals surface area (Å²) >= 11 is 0. The van der Waals surface area contributed by atoms with Crippen LogP contribution in [0.25, 0.3) is 0 Å². The van der Waals surface area contributed by atoms with E-state index in [2.05, 4.69) is 11.4 Å². The number of nitrogens with one attached hydrogen (secondary N) is 1. The van der Waals surface area contributed by atoms with Gasteiger partial charge in [0.25, 0.3) is 0 Å². The first-order valence-electron chi connectivity index (χ1n) is 9.24. The van der Waals surface area contributed by atoms with Gasteiger partial charge >= 0.3 is 0 Å². The fourth-order valence-electron chi connectivity index (χ4n) is 3.41. The third kappa shape index (κ3) is 3.36. The highest BCUT2D eigenvalue weighted by molar-refractivity contribution is 6.15. The Hall–Kier alpha value is -2.62. The number of rotatable bonds is 4. The molecule has 0 aliphatic carbocycles. The topological polar surface area (TPSA) is 49.4 Å². The predicted molar refractivity (Wildman–Crippen MR) is 105 cm³/mol. The molecule has 136 valence electrons. The van der Waals surface area contributed by atoms with Crippen LogP contribution in [0.1, 0.15) is 38.3 Å². The summed E-state index contributed by atoms with van der Waals surface area (Å²) in [5, 5.41) is 2.96. The number of nitrogens with zero attached hydrogens (tertiary/aromatic N) is 1. The molecule has 0 unspecified atom stereocenters. The van der Waals surface area contributed by atoms with Crippen LogP contribution in [0, 0.1) is 5.41 Å². The Morgan fingerprint density at radius 3 is 2.54 bits per heavy atom. The van der Waals surface area contributed by atoms with Crippen LogP contribution < -0.4 is 10.2 Å². The molecular formula is C22H26N2O2. The molecule has 0 bridgehead atoms. The largest absolute Gasteiger partial charge is 0.325 e. The molecule has 4 heteroatoms. The summed E-state index contributed by atoms with van der Waals surface area (Å²) in [5.41, 5.74) is 2.79. The number of para-hydroxylation sites is 2. The Morgan fingerprint density at radius 1 is 1.08 bits per heavy atom. The normalized spacial score (nSPS) is 13.9. The van der Waals surface area contributed by atoms with Gasteiger partial charge in [-0.25, -0.2) is 0 Å². The highest BCUT2D eigenvalue weighted by Gasteiger charge is 2.40. The fraction of sp³-hybridized carbons (Fsp3) is 0.364. The van der Waals surface area contributed by atoms with E-state index in [9.17, 15) is 9.59 Å². The maximum atomic E-state index is 13.2.